The lowest BCUT2D eigenvalue weighted by Crippen LogP contribution is -2.67. The van der Waals surface area contributed by atoms with Gasteiger partial charge in [-0.15, -0.1) is 6.58 Å². The molecule has 1 aliphatic heterocycles. The predicted octanol–water partition coefficient (Wildman–Crippen LogP) is 8.81. The van der Waals surface area contributed by atoms with E-state index in [2.05, 4.69) is 137 Å². The third kappa shape index (κ3) is 8.83. The topological polar surface area (TPSA) is 57.2 Å². The van der Waals surface area contributed by atoms with Gasteiger partial charge in [-0.3, -0.25) is 0 Å². The van der Waals surface area contributed by atoms with Crippen molar-refractivity contribution >= 4 is 47.5 Å². The van der Waals surface area contributed by atoms with Crippen LogP contribution in [0.5, 0.6) is 0 Å². The quantitative estimate of drug-likeness (QED) is 0.140. The number of hydrogen-bond acceptors (Lipinski definition) is 5. The zero-order valence-electron chi connectivity index (χ0n) is 27.1. The van der Waals surface area contributed by atoms with Crippen LogP contribution in [0.25, 0.3) is 0 Å². The molecule has 1 heterocycles. The molecule has 38 heavy (non-hydrogen) atoms. The van der Waals surface area contributed by atoms with Gasteiger partial charge in [-0.05, 0) is 71.0 Å². The molecule has 1 N–H and O–H groups in total. The Labute approximate surface area is 252 Å². The van der Waals surface area contributed by atoms with Gasteiger partial charge in [0.2, 0.25) is 0 Å². The third-order valence-electron chi connectivity index (χ3n) is 9.39. The molecule has 0 aliphatic carbocycles. The third-order valence-corrected chi connectivity index (χ3v) is 23.2. The van der Waals surface area contributed by atoms with Crippen LogP contribution >= 0.6 is 22.6 Å². The van der Waals surface area contributed by atoms with Crippen molar-refractivity contribution in [1.82, 2.24) is 0 Å². The molecule has 5 nitrogen and oxygen atoms in total. The summed E-state index contributed by atoms with van der Waals surface area (Å²) >= 11 is 2.26. The van der Waals surface area contributed by atoms with Gasteiger partial charge in [0.25, 0.3) is 0 Å². The zero-order valence-corrected chi connectivity index (χ0v) is 32.2. The van der Waals surface area contributed by atoms with Crippen LogP contribution < -0.4 is 0 Å². The van der Waals surface area contributed by atoms with Gasteiger partial charge in [-0.25, -0.2) is 0 Å². The van der Waals surface area contributed by atoms with Crippen LogP contribution in [0.4, 0.5) is 0 Å². The van der Waals surface area contributed by atoms with Crippen molar-refractivity contribution < 1.29 is 23.1 Å². The summed E-state index contributed by atoms with van der Waals surface area (Å²) in [7, 11) is -6.71. The summed E-state index contributed by atoms with van der Waals surface area (Å²) in [4.78, 5) is 0. The van der Waals surface area contributed by atoms with Gasteiger partial charge in [-0.1, -0.05) is 91.0 Å². The van der Waals surface area contributed by atoms with Crippen molar-refractivity contribution in [2.45, 2.75) is 160 Å². The van der Waals surface area contributed by atoms with Gasteiger partial charge >= 0.3 is 0 Å². The van der Waals surface area contributed by atoms with Crippen molar-refractivity contribution in [3.63, 3.8) is 0 Å². The minimum atomic E-state index is -2.28. The van der Waals surface area contributed by atoms with Crippen molar-refractivity contribution in [3.8, 4) is 0 Å². The Morgan fingerprint density at radius 1 is 0.816 bits per heavy atom. The molecule has 0 aromatic rings. The maximum Gasteiger partial charge on any atom is 0.193 e. The molecule has 0 spiro atoms. The molecule has 1 rings (SSSR count). The average molecular weight is 699 g/mol. The predicted molar refractivity (Wildman–Crippen MR) is 179 cm³/mol. The van der Waals surface area contributed by atoms with E-state index in [1.807, 2.05) is 10.2 Å². The Hall–Kier alpha value is 0.661. The summed E-state index contributed by atoms with van der Waals surface area (Å²) in [6.07, 6.45) is 1.43. The highest BCUT2D eigenvalue weighted by Crippen LogP contribution is 2.45. The lowest BCUT2D eigenvalue weighted by Gasteiger charge is -2.53. The normalized spacial score (nSPS) is 27.6. The fraction of sp³-hybridized carbons (Fsp3) is 0.862. The van der Waals surface area contributed by atoms with E-state index < -0.39 is 55.5 Å². The van der Waals surface area contributed by atoms with Crippen LogP contribution in [0.2, 0.25) is 54.4 Å². The van der Waals surface area contributed by atoms with Crippen molar-refractivity contribution in [3.05, 3.63) is 22.8 Å². The largest absolute Gasteiger partial charge is 0.408 e. The van der Waals surface area contributed by atoms with Crippen LogP contribution in [0.1, 0.15) is 68.7 Å². The van der Waals surface area contributed by atoms with E-state index in [0.717, 1.165) is 0 Å². The number of rotatable bonds is 10. The number of aliphatic hydroxyl groups excluding tert-OH is 1. The molecular formula is C29H59IO5Si3. The van der Waals surface area contributed by atoms with Gasteiger partial charge in [0.05, 0.1) is 12.2 Å². The highest BCUT2D eigenvalue weighted by Gasteiger charge is 2.55. The molecule has 0 aromatic heterocycles. The van der Waals surface area contributed by atoms with Gasteiger partial charge in [0.1, 0.15) is 24.4 Å². The Morgan fingerprint density at radius 3 is 1.61 bits per heavy atom. The zero-order chi connectivity index (χ0) is 30.1. The lowest BCUT2D eigenvalue weighted by molar-refractivity contribution is -0.227. The van der Waals surface area contributed by atoms with Crippen molar-refractivity contribution in [2.24, 2.45) is 0 Å². The summed E-state index contributed by atoms with van der Waals surface area (Å²) in [6, 6.07) is 0. The van der Waals surface area contributed by atoms with E-state index in [1.165, 1.54) is 0 Å². The Kier molecular flexibility index (Phi) is 12.4. The number of ether oxygens (including phenoxy) is 1. The van der Waals surface area contributed by atoms with Crippen LogP contribution in [0.3, 0.4) is 0 Å². The van der Waals surface area contributed by atoms with Crippen molar-refractivity contribution in [1.29, 1.82) is 0 Å². The number of halogens is 1. The molecule has 0 aromatic carbocycles. The van der Waals surface area contributed by atoms with E-state index in [-0.39, 0.29) is 21.2 Å². The van der Waals surface area contributed by atoms with Gasteiger partial charge < -0.3 is 23.1 Å². The van der Waals surface area contributed by atoms with E-state index in [0.29, 0.717) is 6.42 Å². The SMILES string of the molecule is C=CC[C@@H]1O[C@@H](C(/C=C/I)O[Si](C)(C)C(C)(C)C)C(O[Si](C)(C)C(C)(C)C)C(O[Si](C)(C)C(C)(C)C)[C@H]1O. The van der Waals surface area contributed by atoms with E-state index in [9.17, 15) is 5.11 Å². The average Bonchev–Trinajstić information content (AvgIpc) is 2.69. The molecule has 1 fully saturated rings. The van der Waals surface area contributed by atoms with Crippen LogP contribution in [0.15, 0.2) is 22.8 Å². The molecule has 0 bridgehead atoms. The summed E-state index contributed by atoms with van der Waals surface area (Å²) < 4.78 is 30.0. The molecule has 0 radical (unpaired) electrons. The second kappa shape index (κ2) is 12.9. The minimum Gasteiger partial charge on any atom is -0.408 e. The van der Waals surface area contributed by atoms with Crippen molar-refractivity contribution in [2.75, 3.05) is 0 Å². The molecule has 6 atom stereocenters. The van der Waals surface area contributed by atoms with Gasteiger partial charge in [-0.2, -0.15) is 0 Å². The highest BCUT2D eigenvalue weighted by molar-refractivity contribution is 14.1. The molecule has 224 valence electrons. The summed E-state index contributed by atoms with van der Waals surface area (Å²) in [6.45, 7) is 37.7. The molecule has 3 unspecified atom stereocenters. The van der Waals surface area contributed by atoms with E-state index in [4.69, 9.17) is 18.0 Å². The fourth-order valence-corrected chi connectivity index (χ4v) is 7.95. The smallest absolute Gasteiger partial charge is 0.193 e. The highest BCUT2D eigenvalue weighted by atomic mass is 127. The number of aliphatic hydroxyl groups is 1. The van der Waals surface area contributed by atoms with Gasteiger partial charge in [0, 0.05) is 0 Å². The van der Waals surface area contributed by atoms with E-state index in [1.54, 1.807) is 0 Å². The molecular weight excluding hydrogens is 639 g/mol. The van der Waals surface area contributed by atoms with Crippen LogP contribution in [0, 0.1) is 0 Å². The second-order valence-corrected chi connectivity index (χ2v) is 30.5. The molecule has 1 aliphatic rings. The fourth-order valence-electron chi connectivity index (χ4n) is 3.69. The Morgan fingerprint density at radius 2 is 1.24 bits per heavy atom. The minimum absolute atomic E-state index is 0.0170. The molecule has 0 amide bonds. The monoisotopic (exact) mass is 698 g/mol. The number of hydrogen-bond donors (Lipinski definition) is 1. The maximum absolute atomic E-state index is 11.8. The summed E-state index contributed by atoms with van der Waals surface area (Å²) in [5.74, 6) is 0. The molecule has 9 heteroatoms. The first-order valence-corrected chi connectivity index (χ1v) is 24.0. The van der Waals surface area contributed by atoms with Gasteiger partial charge in [0.15, 0.2) is 25.0 Å². The first-order chi connectivity index (χ1) is 16.8. The first-order valence-electron chi connectivity index (χ1n) is 14.1. The first kappa shape index (κ1) is 36.7. The standard InChI is InChI=1S/C29H59IO5Si3/c1-17-18-21-23(31)25(34-37(13,14)28(5,6)7)26(35-38(15,16)29(8,9)10)24(32-21)22(19-20-30)33-36(11,12)27(2,3)4/h17,19-26,31H,1,18H2,2-16H3/b20-19+/t21-,22?,23-,24-,25?,26?/m0/s1. The van der Waals surface area contributed by atoms with E-state index >= 15 is 0 Å². The molecule has 1 saturated heterocycles. The van der Waals surface area contributed by atoms with Crippen LogP contribution in [-0.2, 0) is 18.0 Å². The summed E-state index contributed by atoms with van der Waals surface area (Å²) in [5, 5.41) is 11.8. The molecule has 0 saturated carbocycles. The Bertz CT molecular complexity index is 809. The Balaban J connectivity index is 3.80. The second-order valence-electron chi connectivity index (χ2n) is 15.5. The maximum atomic E-state index is 11.8. The lowest BCUT2D eigenvalue weighted by atomic mass is 9.91. The summed E-state index contributed by atoms with van der Waals surface area (Å²) in [5.41, 5.74) is 0. The van der Waals surface area contributed by atoms with Crippen LogP contribution in [-0.4, -0.2) is 66.7 Å².